The van der Waals surface area contributed by atoms with Gasteiger partial charge in [-0.15, -0.1) is 0 Å². The number of pyridine rings is 1. The second-order valence-electron chi connectivity index (χ2n) is 6.45. The molecular formula is C22H20N4O2. The minimum Gasteiger partial charge on any atom is -0.497 e. The Hall–Kier alpha value is -3.67. The summed E-state index contributed by atoms with van der Waals surface area (Å²) in [6, 6.07) is 17.1. The molecule has 4 aromatic rings. The van der Waals surface area contributed by atoms with Crippen LogP contribution in [0.1, 0.15) is 21.5 Å². The Morgan fingerprint density at radius 2 is 1.96 bits per heavy atom. The Bertz CT molecular complexity index is 1150. The number of hydrogen-bond acceptors (Lipinski definition) is 4. The first-order valence-corrected chi connectivity index (χ1v) is 8.96. The van der Waals surface area contributed by atoms with E-state index in [9.17, 15) is 4.79 Å². The molecule has 0 saturated heterocycles. The molecule has 0 spiro atoms. The third-order valence-electron chi connectivity index (χ3n) is 4.67. The number of aromatic nitrogens is 3. The van der Waals surface area contributed by atoms with E-state index in [2.05, 4.69) is 15.3 Å². The zero-order valence-electron chi connectivity index (χ0n) is 15.7. The van der Waals surface area contributed by atoms with Crippen molar-refractivity contribution in [2.24, 2.45) is 0 Å². The quantitative estimate of drug-likeness (QED) is 0.580. The number of hydrogen-bond donors (Lipinski definition) is 1. The number of nitrogens with zero attached hydrogens (tertiary/aromatic N) is 3. The first kappa shape index (κ1) is 17.7. The lowest BCUT2D eigenvalue weighted by molar-refractivity contribution is 0.0950. The monoisotopic (exact) mass is 372 g/mol. The maximum atomic E-state index is 12.7. The molecule has 0 aliphatic heterocycles. The highest BCUT2D eigenvalue weighted by molar-refractivity contribution is 5.95. The van der Waals surface area contributed by atoms with Crippen LogP contribution in [0.5, 0.6) is 5.75 Å². The summed E-state index contributed by atoms with van der Waals surface area (Å²) in [4.78, 5) is 21.6. The molecule has 2 aromatic carbocycles. The van der Waals surface area contributed by atoms with Gasteiger partial charge in [0.15, 0.2) is 0 Å². The molecule has 1 N–H and O–H groups in total. The van der Waals surface area contributed by atoms with E-state index in [1.165, 1.54) is 0 Å². The van der Waals surface area contributed by atoms with Crippen LogP contribution >= 0.6 is 0 Å². The summed E-state index contributed by atoms with van der Waals surface area (Å²) in [5.41, 5.74) is 4.27. The van der Waals surface area contributed by atoms with Gasteiger partial charge in [-0.1, -0.05) is 18.2 Å². The highest BCUT2D eigenvalue weighted by Gasteiger charge is 2.13. The number of para-hydroxylation sites is 2. The molecule has 2 heterocycles. The molecule has 140 valence electrons. The van der Waals surface area contributed by atoms with Crippen LogP contribution in [0.25, 0.3) is 16.9 Å². The van der Waals surface area contributed by atoms with E-state index in [-0.39, 0.29) is 5.91 Å². The lowest BCUT2D eigenvalue weighted by atomic mass is 10.1. The number of methoxy groups -OCH3 is 1. The van der Waals surface area contributed by atoms with Gasteiger partial charge in [-0.3, -0.25) is 9.36 Å². The third-order valence-corrected chi connectivity index (χ3v) is 4.67. The smallest absolute Gasteiger partial charge is 0.251 e. The number of rotatable bonds is 5. The molecule has 0 unspecified atom stereocenters. The van der Waals surface area contributed by atoms with Crippen LogP contribution in [0, 0.1) is 6.92 Å². The summed E-state index contributed by atoms with van der Waals surface area (Å²) in [6.45, 7) is 2.25. The minimum atomic E-state index is -0.134. The summed E-state index contributed by atoms with van der Waals surface area (Å²) in [5.74, 6) is 1.35. The van der Waals surface area contributed by atoms with Crippen molar-refractivity contribution in [1.82, 2.24) is 19.9 Å². The molecule has 28 heavy (non-hydrogen) atoms. The van der Waals surface area contributed by atoms with Crippen molar-refractivity contribution in [3.05, 3.63) is 83.8 Å². The molecule has 6 nitrogen and oxygen atoms in total. The number of benzene rings is 2. The lowest BCUT2D eigenvalue weighted by Crippen LogP contribution is -2.24. The molecule has 4 rings (SSSR count). The van der Waals surface area contributed by atoms with Gasteiger partial charge in [-0.05, 0) is 48.9 Å². The van der Waals surface area contributed by atoms with Crippen LogP contribution in [0.15, 0.2) is 67.1 Å². The van der Waals surface area contributed by atoms with Crippen molar-refractivity contribution in [3.8, 4) is 11.6 Å². The van der Waals surface area contributed by atoms with E-state index in [1.807, 2.05) is 54.0 Å². The summed E-state index contributed by atoms with van der Waals surface area (Å²) in [5, 5.41) is 2.99. The van der Waals surface area contributed by atoms with Gasteiger partial charge in [0, 0.05) is 23.9 Å². The van der Waals surface area contributed by atoms with Crippen molar-refractivity contribution in [2.45, 2.75) is 13.5 Å². The molecule has 0 aliphatic rings. The number of fused-ring (bicyclic) bond motifs is 1. The minimum absolute atomic E-state index is 0.134. The molecular weight excluding hydrogens is 352 g/mol. The van der Waals surface area contributed by atoms with Crippen LogP contribution in [0.4, 0.5) is 0 Å². The standard InChI is InChI=1S/C22H20N4O2/c1-15-12-17(28-2)9-10-18(15)22(27)24-13-16-6-5-11-23-21(16)26-14-25-19-7-3-4-8-20(19)26/h3-12,14H,13H2,1-2H3,(H,24,27). The summed E-state index contributed by atoms with van der Waals surface area (Å²) >= 11 is 0. The number of aryl methyl sites for hydroxylation is 1. The molecule has 0 radical (unpaired) electrons. The number of carbonyl (C=O) groups is 1. The van der Waals surface area contributed by atoms with Crippen molar-refractivity contribution in [3.63, 3.8) is 0 Å². The maximum Gasteiger partial charge on any atom is 0.251 e. The molecule has 1 amide bonds. The van der Waals surface area contributed by atoms with Crippen molar-refractivity contribution < 1.29 is 9.53 Å². The zero-order valence-corrected chi connectivity index (χ0v) is 15.7. The maximum absolute atomic E-state index is 12.7. The summed E-state index contributed by atoms with van der Waals surface area (Å²) < 4.78 is 7.14. The predicted molar refractivity (Wildman–Crippen MR) is 108 cm³/mol. The van der Waals surface area contributed by atoms with Gasteiger partial charge in [0.2, 0.25) is 0 Å². The van der Waals surface area contributed by atoms with Crippen molar-refractivity contribution in [2.75, 3.05) is 7.11 Å². The average Bonchev–Trinajstić information content (AvgIpc) is 3.16. The summed E-state index contributed by atoms with van der Waals surface area (Å²) in [7, 11) is 1.61. The van der Waals surface area contributed by atoms with Crippen LogP contribution in [0.2, 0.25) is 0 Å². The van der Waals surface area contributed by atoms with Crippen LogP contribution < -0.4 is 10.1 Å². The van der Waals surface area contributed by atoms with Gasteiger partial charge >= 0.3 is 0 Å². The largest absolute Gasteiger partial charge is 0.497 e. The fourth-order valence-corrected chi connectivity index (χ4v) is 3.20. The van der Waals surface area contributed by atoms with E-state index in [0.29, 0.717) is 12.1 Å². The molecule has 0 fully saturated rings. The highest BCUT2D eigenvalue weighted by atomic mass is 16.5. The number of amides is 1. The molecule has 0 saturated carbocycles. The Labute approximate surface area is 162 Å². The van der Waals surface area contributed by atoms with Gasteiger partial charge in [-0.2, -0.15) is 0 Å². The number of nitrogens with one attached hydrogen (secondary N) is 1. The second kappa shape index (κ2) is 7.52. The Morgan fingerprint density at radius 1 is 1.11 bits per heavy atom. The van der Waals surface area contributed by atoms with Crippen molar-refractivity contribution >= 4 is 16.9 Å². The molecule has 0 bridgehead atoms. The summed E-state index contributed by atoms with van der Waals surface area (Å²) in [6.07, 6.45) is 3.50. The fraction of sp³-hybridized carbons (Fsp3) is 0.136. The zero-order chi connectivity index (χ0) is 19.5. The van der Waals surface area contributed by atoms with Gasteiger partial charge in [0.05, 0.1) is 18.1 Å². The van der Waals surface area contributed by atoms with E-state index in [0.717, 1.165) is 33.7 Å². The van der Waals surface area contributed by atoms with E-state index < -0.39 is 0 Å². The Kier molecular flexibility index (Phi) is 4.76. The van der Waals surface area contributed by atoms with Gasteiger partial charge in [0.25, 0.3) is 5.91 Å². The average molecular weight is 372 g/mol. The predicted octanol–water partition coefficient (Wildman–Crippen LogP) is 3.67. The van der Waals surface area contributed by atoms with Crippen LogP contribution in [0.3, 0.4) is 0 Å². The second-order valence-corrected chi connectivity index (χ2v) is 6.45. The Balaban J connectivity index is 1.59. The number of ether oxygens (including phenoxy) is 1. The van der Waals surface area contributed by atoms with E-state index in [1.54, 1.807) is 31.8 Å². The van der Waals surface area contributed by atoms with E-state index >= 15 is 0 Å². The number of carbonyl (C=O) groups excluding carboxylic acids is 1. The van der Waals surface area contributed by atoms with Crippen molar-refractivity contribution in [1.29, 1.82) is 0 Å². The first-order valence-electron chi connectivity index (χ1n) is 8.96. The van der Waals surface area contributed by atoms with Crippen LogP contribution in [-0.4, -0.2) is 27.6 Å². The van der Waals surface area contributed by atoms with Crippen LogP contribution in [-0.2, 0) is 6.54 Å². The molecule has 0 atom stereocenters. The fourth-order valence-electron chi connectivity index (χ4n) is 3.20. The molecule has 2 aromatic heterocycles. The molecule has 6 heteroatoms. The third kappa shape index (κ3) is 3.32. The number of imidazole rings is 1. The Morgan fingerprint density at radius 3 is 2.79 bits per heavy atom. The first-order chi connectivity index (χ1) is 13.7. The van der Waals surface area contributed by atoms with Gasteiger partial charge in [-0.25, -0.2) is 9.97 Å². The normalized spacial score (nSPS) is 10.8. The van der Waals surface area contributed by atoms with Gasteiger partial charge < -0.3 is 10.1 Å². The van der Waals surface area contributed by atoms with E-state index in [4.69, 9.17) is 4.74 Å². The topological polar surface area (TPSA) is 69.0 Å². The SMILES string of the molecule is COc1ccc(C(=O)NCc2cccnc2-n2cnc3ccccc32)c(C)c1. The van der Waals surface area contributed by atoms with Gasteiger partial charge in [0.1, 0.15) is 17.9 Å². The highest BCUT2D eigenvalue weighted by Crippen LogP contribution is 2.20. The molecule has 0 aliphatic carbocycles. The lowest BCUT2D eigenvalue weighted by Gasteiger charge is -2.12.